The van der Waals surface area contributed by atoms with Crippen LogP contribution in [-0.4, -0.2) is 18.0 Å². The summed E-state index contributed by atoms with van der Waals surface area (Å²) in [4.78, 5) is 23.2. The average Bonchev–Trinajstić information content (AvgIpc) is 3.23. The van der Waals surface area contributed by atoms with Crippen LogP contribution in [0.5, 0.6) is 0 Å². The predicted molar refractivity (Wildman–Crippen MR) is 71.5 cm³/mol. The fraction of sp³-hybridized carbons (Fsp3) is 0.333. The molecule has 1 atom stereocenters. The van der Waals surface area contributed by atoms with Gasteiger partial charge in [0.25, 0.3) is 0 Å². The lowest BCUT2D eigenvalue weighted by atomic mass is 10.2. The van der Waals surface area contributed by atoms with Crippen molar-refractivity contribution in [1.82, 2.24) is 0 Å². The van der Waals surface area contributed by atoms with E-state index in [1.165, 1.54) is 0 Å². The zero-order valence-electron chi connectivity index (χ0n) is 10.7. The van der Waals surface area contributed by atoms with Crippen LogP contribution in [0.4, 0.5) is 5.69 Å². The number of nitrogens with one attached hydrogen (secondary N) is 1. The van der Waals surface area contributed by atoms with Crippen molar-refractivity contribution in [2.45, 2.75) is 25.9 Å². The Morgan fingerprint density at radius 1 is 1.37 bits per heavy atom. The molecule has 2 rings (SSSR count). The summed E-state index contributed by atoms with van der Waals surface area (Å²) in [5.74, 6) is 2.05. The van der Waals surface area contributed by atoms with Crippen LogP contribution < -0.4 is 5.32 Å². The maximum absolute atomic E-state index is 11.7. The Bertz CT molecular complexity index is 523. The highest BCUT2D eigenvalue weighted by atomic mass is 16.5. The van der Waals surface area contributed by atoms with Gasteiger partial charge >= 0.3 is 5.97 Å². The van der Waals surface area contributed by atoms with Crippen molar-refractivity contribution in [2.75, 3.05) is 5.32 Å². The Balaban J connectivity index is 1.95. The first-order valence-electron chi connectivity index (χ1n) is 6.18. The summed E-state index contributed by atoms with van der Waals surface area (Å²) in [6.07, 6.45) is 6.50. The van der Waals surface area contributed by atoms with Crippen LogP contribution in [0.2, 0.25) is 0 Å². The zero-order chi connectivity index (χ0) is 13.8. The molecule has 1 aromatic rings. The third-order valence-electron chi connectivity index (χ3n) is 2.85. The number of carbonyl (C=O) groups is 2. The van der Waals surface area contributed by atoms with Crippen LogP contribution in [0, 0.1) is 18.3 Å². The third kappa shape index (κ3) is 3.59. The molecule has 1 N–H and O–H groups in total. The average molecular weight is 257 g/mol. The third-order valence-corrected chi connectivity index (χ3v) is 2.85. The van der Waals surface area contributed by atoms with E-state index in [2.05, 4.69) is 11.2 Å². The van der Waals surface area contributed by atoms with Crippen LogP contribution in [0.3, 0.4) is 0 Å². The van der Waals surface area contributed by atoms with E-state index in [0.717, 1.165) is 12.8 Å². The highest BCUT2D eigenvalue weighted by molar-refractivity contribution is 5.95. The van der Waals surface area contributed by atoms with Gasteiger partial charge in [0, 0.05) is 11.6 Å². The number of ether oxygens (including phenoxy) is 1. The second kappa shape index (κ2) is 5.57. The molecule has 1 aliphatic carbocycles. The molecule has 1 aromatic carbocycles. The quantitative estimate of drug-likeness (QED) is 0.664. The molecule has 98 valence electrons. The van der Waals surface area contributed by atoms with Gasteiger partial charge in [0.05, 0.1) is 5.56 Å². The Kier molecular flexibility index (Phi) is 3.86. The van der Waals surface area contributed by atoms with E-state index in [-0.39, 0.29) is 11.8 Å². The van der Waals surface area contributed by atoms with Gasteiger partial charge in [0.2, 0.25) is 5.91 Å². The van der Waals surface area contributed by atoms with Crippen LogP contribution in [-0.2, 0) is 9.53 Å². The maximum Gasteiger partial charge on any atom is 0.339 e. The van der Waals surface area contributed by atoms with Gasteiger partial charge in [0.1, 0.15) is 0 Å². The van der Waals surface area contributed by atoms with Crippen molar-refractivity contribution >= 4 is 17.6 Å². The van der Waals surface area contributed by atoms with E-state index in [1.54, 1.807) is 31.2 Å². The molecular weight excluding hydrogens is 242 g/mol. The van der Waals surface area contributed by atoms with E-state index in [0.29, 0.717) is 11.3 Å². The van der Waals surface area contributed by atoms with Crippen LogP contribution >= 0.6 is 0 Å². The molecule has 0 spiro atoms. The number of carbonyl (C=O) groups excluding carboxylic acids is 2. The molecule has 1 fully saturated rings. The van der Waals surface area contributed by atoms with E-state index in [1.807, 2.05) is 0 Å². The Morgan fingerprint density at radius 3 is 2.53 bits per heavy atom. The summed E-state index contributed by atoms with van der Waals surface area (Å²) >= 11 is 0. The summed E-state index contributed by atoms with van der Waals surface area (Å²) in [6.45, 7) is 1.63. The van der Waals surface area contributed by atoms with Crippen molar-refractivity contribution in [3.63, 3.8) is 0 Å². The minimum Gasteiger partial charge on any atom is -0.446 e. The molecule has 0 unspecified atom stereocenters. The molecule has 0 aromatic heterocycles. The number of benzene rings is 1. The Morgan fingerprint density at radius 2 is 2.00 bits per heavy atom. The molecule has 0 bridgehead atoms. The summed E-state index contributed by atoms with van der Waals surface area (Å²) in [5, 5.41) is 2.80. The van der Waals surface area contributed by atoms with Gasteiger partial charge in [-0.2, -0.15) is 0 Å². The van der Waals surface area contributed by atoms with E-state index in [9.17, 15) is 9.59 Å². The molecule has 19 heavy (non-hydrogen) atoms. The second-order valence-corrected chi connectivity index (χ2v) is 4.56. The van der Waals surface area contributed by atoms with Gasteiger partial charge in [-0.05, 0) is 44.0 Å². The normalized spacial score (nSPS) is 15.2. The Hall–Kier alpha value is -2.28. The highest BCUT2D eigenvalue weighted by Gasteiger charge is 2.29. The molecule has 0 radical (unpaired) electrons. The lowest BCUT2D eigenvalue weighted by Gasteiger charge is -2.08. The predicted octanol–water partition coefficient (Wildman–Crippen LogP) is 2.21. The topological polar surface area (TPSA) is 55.4 Å². The van der Waals surface area contributed by atoms with Gasteiger partial charge in [-0.15, -0.1) is 6.42 Å². The van der Waals surface area contributed by atoms with Gasteiger partial charge in [0.15, 0.2) is 6.10 Å². The first-order valence-corrected chi connectivity index (χ1v) is 6.18. The molecule has 1 aliphatic rings. The molecular formula is C15H15NO3. The Labute approximate surface area is 112 Å². The van der Waals surface area contributed by atoms with Crippen LogP contribution in [0.15, 0.2) is 24.3 Å². The second-order valence-electron chi connectivity index (χ2n) is 4.56. The maximum atomic E-state index is 11.7. The minimum absolute atomic E-state index is 0.0382. The van der Waals surface area contributed by atoms with Crippen LogP contribution in [0.1, 0.15) is 30.1 Å². The lowest BCUT2D eigenvalue weighted by molar-refractivity contribution is -0.117. The van der Waals surface area contributed by atoms with E-state index < -0.39 is 12.1 Å². The van der Waals surface area contributed by atoms with Crippen molar-refractivity contribution in [3.8, 4) is 12.3 Å². The molecule has 1 saturated carbocycles. The number of hydrogen-bond donors (Lipinski definition) is 1. The molecule has 1 amide bonds. The lowest BCUT2D eigenvalue weighted by Crippen LogP contribution is -2.14. The molecule has 4 nitrogen and oxygen atoms in total. The van der Waals surface area contributed by atoms with Crippen molar-refractivity contribution in [1.29, 1.82) is 0 Å². The largest absolute Gasteiger partial charge is 0.446 e. The fourth-order valence-corrected chi connectivity index (χ4v) is 1.54. The first kappa shape index (κ1) is 13.2. The van der Waals surface area contributed by atoms with Crippen molar-refractivity contribution in [2.24, 2.45) is 5.92 Å². The highest BCUT2D eigenvalue weighted by Crippen LogP contribution is 2.30. The summed E-state index contributed by atoms with van der Waals surface area (Å²) in [6, 6.07) is 6.57. The van der Waals surface area contributed by atoms with E-state index >= 15 is 0 Å². The van der Waals surface area contributed by atoms with Gasteiger partial charge in [-0.25, -0.2) is 4.79 Å². The monoisotopic (exact) mass is 257 g/mol. The van der Waals surface area contributed by atoms with Crippen LogP contribution in [0.25, 0.3) is 0 Å². The fourth-order valence-electron chi connectivity index (χ4n) is 1.54. The van der Waals surface area contributed by atoms with Gasteiger partial charge in [-0.3, -0.25) is 4.79 Å². The first-order chi connectivity index (χ1) is 9.10. The SMILES string of the molecule is C#C[C@H](C)OC(=O)c1ccc(NC(=O)C2CC2)cc1. The number of terminal acetylenes is 1. The standard InChI is InChI=1S/C15H15NO3/c1-3-10(2)19-15(18)12-6-8-13(9-7-12)16-14(17)11-4-5-11/h1,6-11H,4-5H2,2H3,(H,16,17)/t10-/m0/s1. The van der Waals surface area contributed by atoms with Crippen molar-refractivity contribution in [3.05, 3.63) is 29.8 Å². The van der Waals surface area contributed by atoms with E-state index in [4.69, 9.17) is 11.2 Å². The molecule has 0 aliphatic heterocycles. The summed E-state index contributed by atoms with van der Waals surface area (Å²) < 4.78 is 4.99. The van der Waals surface area contributed by atoms with Gasteiger partial charge < -0.3 is 10.1 Å². The smallest absolute Gasteiger partial charge is 0.339 e. The number of anilines is 1. The summed E-state index contributed by atoms with van der Waals surface area (Å²) in [7, 11) is 0. The number of hydrogen-bond acceptors (Lipinski definition) is 3. The number of amides is 1. The molecule has 0 saturated heterocycles. The number of rotatable bonds is 4. The van der Waals surface area contributed by atoms with Crippen molar-refractivity contribution < 1.29 is 14.3 Å². The zero-order valence-corrected chi connectivity index (χ0v) is 10.7. The molecule has 0 heterocycles. The molecule has 4 heteroatoms. The minimum atomic E-state index is -0.554. The number of esters is 1. The summed E-state index contributed by atoms with van der Waals surface area (Å²) in [5.41, 5.74) is 1.09. The van der Waals surface area contributed by atoms with Gasteiger partial charge in [-0.1, -0.05) is 5.92 Å².